The zero-order chi connectivity index (χ0) is 13.8. The number of alkyl halides is 1. The van der Waals surface area contributed by atoms with Crippen molar-refractivity contribution in [1.29, 1.82) is 0 Å². The fraction of sp³-hybridized carbons (Fsp3) is 0.500. The predicted molar refractivity (Wildman–Crippen MR) is 83.1 cm³/mol. The van der Waals surface area contributed by atoms with Gasteiger partial charge in [0.05, 0.1) is 5.02 Å². The number of halogens is 3. The number of nitrogens with one attached hydrogen (secondary N) is 1. The largest absolute Gasteiger partial charge is 0.349 e. The summed E-state index contributed by atoms with van der Waals surface area (Å²) in [6.45, 7) is 0. The molecule has 0 unspecified atom stereocenters. The summed E-state index contributed by atoms with van der Waals surface area (Å²) in [5.74, 6) is 1.30. The Kier molecular flexibility index (Phi) is 5.55. The normalized spacial score (nSPS) is 23.1. The molecule has 0 aromatic heterocycles. The molecule has 2 rings (SSSR count). The van der Waals surface area contributed by atoms with Crippen LogP contribution in [-0.4, -0.2) is 17.8 Å². The average molecular weight is 365 g/mol. The summed E-state index contributed by atoms with van der Waals surface area (Å²) in [6, 6.07) is 5.49. The van der Waals surface area contributed by atoms with Gasteiger partial charge in [-0.3, -0.25) is 4.79 Å². The smallest absolute Gasteiger partial charge is 0.251 e. The number of amides is 1. The van der Waals surface area contributed by atoms with Gasteiger partial charge in [-0.1, -0.05) is 11.6 Å². The van der Waals surface area contributed by atoms with Gasteiger partial charge in [0.2, 0.25) is 0 Å². The van der Waals surface area contributed by atoms with E-state index in [1.54, 1.807) is 18.2 Å². The van der Waals surface area contributed by atoms with Crippen molar-refractivity contribution in [1.82, 2.24) is 5.32 Å². The molecule has 0 heterocycles. The third-order valence-electron chi connectivity index (χ3n) is 3.58. The maximum atomic E-state index is 12.1. The summed E-state index contributed by atoms with van der Waals surface area (Å²) in [5, 5.41) is 3.69. The topological polar surface area (TPSA) is 29.1 Å². The van der Waals surface area contributed by atoms with Crippen LogP contribution in [0.3, 0.4) is 0 Å². The van der Waals surface area contributed by atoms with Crippen molar-refractivity contribution < 1.29 is 4.79 Å². The third-order valence-corrected chi connectivity index (χ3v) is 5.23. The van der Waals surface area contributed by atoms with E-state index in [0.29, 0.717) is 16.5 Å². The first kappa shape index (κ1) is 15.1. The molecular formula is C14H16BrCl2NO. The van der Waals surface area contributed by atoms with E-state index in [1.165, 1.54) is 0 Å². The van der Waals surface area contributed by atoms with E-state index in [4.69, 9.17) is 23.2 Å². The molecule has 1 aliphatic carbocycles. The molecule has 1 aromatic rings. The lowest BCUT2D eigenvalue weighted by atomic mass is 9.87. The Labute approximate surface area is 132 Å². The lowest BCUT2D eigenvalue weighted by molar-refractivity contribution is 0.0923. The minimum Gasteiger partial charge on any atom is -0.349 e. The summed E-state index contributed by atoms with van der Waals surface area (Å²) in [4.78, 5) is 12.1. The van der Waals surface area contributed by atoms with Gasteiger partial charge in [-0.15, -0.1) is 11.6 Å². The van der Waals surface area contributed by atoms with Crippen molar-refractivity contribution in [2.24, 2.45) is 5.92 Å². The first-order chi connectivity index (χ1) is 9.10. The molecule has 5 heteroatoms. The molecule has 2 nitrogen and oxygen atoms in total. The standard InChI is InChI=1S/C14H16BrCl2NO/c15-12-7-10(3-6-13(12)17)14(19)18-11-4-1-9(8-16)2-5-11/h3,6-7,9,11H,1-2,4-5,8H2,(H,18,19). The van der Waals surface area contributed by atoms with E-state index in [-0.39, 0.29) is 11.9 Å². The highest BCUT2D eigenvalue weighted by molar-refractivity contribution is 9.10. The van der Waals surface area contributed by atoms with Crippen LogP contribution in [0.4, 0.5) is 0 Å². The van der Waals surface area contributed by atoms with Crippen LogP contribution in [0.15, 0.2) is 22.7 Å². The fourth-order valence-corrected chi connectivity index (χ4v) is 3.17. The number of benzene rings is 1. The molecule has 0 saturated heterocycles. The highest BCUT2D eigenvalue weighted by Crippen LogP contribution is 2.26. The number of rotatable bonds is 3. The van der Waals surface area contributed by atoms with Gasteiger partial charge in [0.15, 0.2) is 0 Å². The van der Waals surface area contributed by atoms with Crippen molar-refractivity contribution >= 4 is 45.0 Å². The van der Waals surface area contributed by atoms with Crippen LogP contribution >= 0.6 is 39.1 Å². The first-order valence-electron chi connectivity index (χ1n) is 6.42. The minimum absolute atomic E-state index is 0.0355. The summed E-state index contributed by atoms with van der Waals surface area (Å²) in [7, 11) is 0. The van der Waals surface area contributed by atoms with Crippen molar-refractivity contribution in [3.63, 3.8) is 0 Å². The molecule has 104 valence electrons. The van der Waals surface area contributed by atoms with Crippen LogP contribution in [0.5, 0.6) is 0 Å². The summed E-state index contributed by atoms with van der Waals surface area (Å²) in [5.41, 5.74) is 0.635. The monoisotopic (exact) mass is 363 g/mol. The second kappa shape index (κ2) is 6.96. The Morgan fingerprint density at radius 1 is 1.32 bits per heavy atom. The van der Waals surface area contributed by atoms with Crippen LogP contribution in [0.25, 0.3) is 0 Å². The van der Waals surface area contributed by atoms with E-state index in [0.717, 1.165) is 36.0 Å². The Bertz CT molecular complexity index is 459. The lowest BCUT2D eigenvalue weighted by Crippen LogP contribution is -2.37. The van der Waals surface area contributed by atoms with Gasteiger partial charge in [0.1, 0.15) is 0 Å². The molecule has 0 atom stereocenters. The number of carbonyl (C=O) groups is 1. The number of hydrogen-bond donors (Lipinski definition) is 1. The lowest BCUT2D eigenvalue weighted by Gasteiger charge is -2.27. The highest BCUT2D eigenvalue weighted by atomic mass is 79.9. The second-order valence-corrected chi connectivity index (χ2v) is 6.54. The van der Waals surface area contributed by atoms with Crippen molar-refractivity contribution in [3.05, 3.63) is 33.3 Å². The number of carbonyl (C=O) groups excluding carboxylic acids is 1. The fourth-order valence-electron chi connectivity index (χ4n) is 2.37. The molecule has 1 amide bonds. The van der Waals surface area contributed by atoms with E-state index in [1.807, 2.05) is 0 Å². The highest BCUT2D eigenvalue weighted by Gasteiger charge is 2.22. The van der Waals surface area contributed by atoms with Crippen LogP contribution in [0, 0.1) is 5.92 Å². The molecule has 0 aliphatic heterocycles. The van der Waals surface area contributed by atoms with Crippen LogP contribution < -0.4 is 5.32 Å². The summed E-state index contributed by atoms with van der Waals surface area (Å²) < 4.78 is 0.743. The summed E-state index contributed by atoms with van der Waals surface area (Å²) in [6.07, 6.45) is 4.22. The molecule has 0 spiro atoms. The number of hydrogen-bond acceptors (Lipinski definition) is 1. The minimum atomic E-state index is -0.0355. The van der Waals surface area contributed by atoms with Crippen molar-refractivity contribution in [2.45, 2.75) is 31.7 Å². The van der Waals surface area contributed by atoms with E-state index in [9.17, 15) is 4.79 Å². The van der Waals surface area contributed by atoms with E-state index >= 15 is 0 Å². The van der Waals surface area contributed by atoms with Crippen LogP contribution in [-0.2, 0) is 0 Å². The van der Waals surface area contributed by atoms with Crippen LogP contribution in [0.1, 0.15) is 36.0 Å². The first-order valence-corrected chi connectivity index (χ1v) is 8.12. The van der Waals surface area contributed by atoms with Gasteiger partial charge in [0, 0.05) is 22.0 Å². The molecule has 19 heavy (non-hydrogen) atoms. The van der Waals surface area contributed by atoms with Crippen LogP contribution in [0.2, 0.25) is 5.02 Å². The Balaban J connectivity index is 1.92. The molecule has 1 fully saturated rings. The van der Waals surface area contributed by atoms with E-state index < -0.39 is 0 Å². The molecular weight excluding hydrogens is 349 g/mol. The quantitative estimate of drug-likeness (QED) is 0.778. The predicted octanol–water partition coefficient (Wildman–Crippen LogP) is 4.63. The Morgan fingerprint density at radius 3 is 2.58 bits per heavy atom. The maximum Gasteiger partial charge on any atom is 0.251 e. The molecule has 0 radical (unpaired) electrons. The molecule has 1 aliphatic rings. The van der Waals surface area contributed by atoms with Gasteiger partial charge < -0.3 is 5.32 Å². The van der Waals surface area contributed by atoms with Gasteiger partial charge in [-0.25, -0.2) is 0 Å². The Hall–Kier alpha value is -0.250. The summed E-state index contributed by atoms with van der Waals surface area (Å²) >= 11 is 15.1. The SMILES string of the molecule is O=C(NC1CCC(CCl)CC1)c1ccc(Cl)c(Br)c1. The van der Waals surface area contributed by atoms with Gasteiger partial charge in [-0.2, -0.15) is 0 Å². The molecule has 1 aromatic carbocycles. The van der Waals surface area contributed by atoms with Crippen molar-refractivity contribution in [2.75, 3.05) is 5.88 Å². The molecule has 0 bridgehead atoms. The molecule has 1 saturated carbocycles. The average Bonchev–Trinajstić information content (AvgIpc) is 2.42. The zero-order valence-electron chi connectivity index (χ0n) is 10.5. The zero-order valence-corrected chi connectivity index (χ0v) is 13.6. The van der Waals surface area contributed by atoms with Crippen molar-refractivity contribution in [3.8, 4) is 0 Å². The Morgan fingerprint density at radius 2 is 2.00 bits per heavy atom. The second-order valence-electron chi connectivity index (χ2n) is 4.97. The van der Waals surface area contributed by atoms with Gasteiger partial charge in [-0.05, 0) is 65.7 Å². The third kappa shape index (κ3) is 4.11. The van der Waals surface area contributed by atoms with E-state index in [2.05, 4.69) is 21.2 Å². The van der Waals surface area contributed by atoms with Gasteiger partial charge in [0.25, 0.3) is 5.91 Å². The maximum absolute atomic E-state index is 12.1. The van der Waals surface area contributed by atoms with Gasteiger partial charge >= 0.3 is 0 Å². The molecule has 1 N–H and O–H groups in total.